The molecule has 0 saturated heterocycles. The van der Waals surface area contributed by atoms with E-state index < -0.39 is 12.0 Å². The molecule has 7 heteroatoms. The molecule has 1 rings (SSSR count). The number of halogens is 3. The van der Waals surface area contributed by atoms with Gasteiger partial charge in [0.15, 0.2) is 0 Å². The Labute approximate surface area is 103 Å². The Kier molecular flexibility index (Phi) is 4.32. The molecule has 1 aromatic rings. The van der Waals surface area contributed by atoms with Crippen molar-refractivity contribution in [3.63, 3.8) is 0 Å². The van der Waals surface area contributed by atoms with Crippen molar-refractivity contribution in [2.24, 2.45) is 0 Å². The summed E-state index contributed by atoms with van der Waals surface area (Å²) in [7, 11) is 3.43. The molecule has 0 radical (unpaired) electrons. The number of likely N-dealkylation sites (N-methyl/N-ethyl adjacent to an activating group) is 1. The summed E-state index contributed by atoms with van der Waals surface area (Å²) in [6, 6.07) is 0. The first kappa shape index (κ1) is 14.5. The van der Waals surface area contributed by atoms with Crippen molar-refractivity contribution < 1.29 is 18.0 Å². The zero-order valence-corrected chi connectivity index (χ0v) is 10.4. The van der Waals surface area contributed by atoms with Crippen LogP contribution in [0.5, 0.6) is 0 Å². The fourth-order valence-electron chi connectivity index (χ4n) is 1.64. The summed E-state index contributed by atoms with van der Waals surface area (Å²) >= 11 is 0. The molecule has 0 fully saturated rings. The molecule has 0 aromatic carbocycles. The SMILES string of the molecule is CCn1c(C(=C=O)CN(C)C)cnc1C(F)(F)F. The van der Waals surface area contributed by atoms with Crippen molar-refractivity contribution in [1.82, 2.24) is 14.5 Å². The van der Waals surface area contributed by atoms with Crippen molar-refractivity contribution in [2.75, 3.05) is 20.6 Å². The van der Waals surface area contributed by atoms with Gasteiger partial charge in [0.2, 0.25) is 5.82 Å². The van der Waals surface area contributed by atoms with E-state index in [4.69, 9.17) is 0 Å². The van der Waals surface area contributed by atoms with E-state index in [1.165, 1.54) is 0 Å². The van der Waals surface area contributed by atoms with E-state index in [-0.39, 0.29) is 24.4 Å². The molecule has 0 aliphatic rings. The molecular formula is C11H14F3N3O. The van der Waals surface area contributed by atoms with Gasteiger partial charge in [-0.1, -0.05) is 0 Å². The van der Waals surface area contributed by atoms with Gasteiger partial charge in [0.1, 0.15) is 5.94 Å². The van der Waals surface area contributed by atoms with Crippen LogP contribution in [-0.4, -0.2) is 41.0 Å². The van der Waals surface area contributed by atoms with E-state index in [2.05, 4.69) is 4.98 Å². The first-order valence-corrected chi connectivity index (χ1v) is 5.33. The van der Waals surface area contributed by atoms with Gasteiger partial charge in [0.25, 0.3) is 0 Å². The second-order valence-corrected chi connectivity index (χ2v) is 4.03. The van der Waals surface area contributed by atoms with E-state index >= 15 is 0 Å². The fraction of sp³-hybridized carbons (Fsp3) is 0.545. The van der Waals surface area contributed by atoms with E-state index in [0.29, 0.717) is 0 Å². The third kappa shape index (κ3) is 3.00. The van der Waals surface area contributed by atoms with Crippen LogP contribution in [0.2, 0.25) is 0 Å². The molecule has 0 aliphatic heterocycles. The minimum atomic E-state index is -4.53. The Morgan fingerprint density at radius 2 is 2.11 bits per heavy atom. The number of rotatable bonds is 4. The number of nitrogens with zero attached hydrogens (tertiary/aromatic N) is 3. The van der Waals surface area contributed by atoms with Gasteiger partial charge in [-0.2, -0.15) is 13.2 Å². The Bertz CT molecular complexity index is 470. The summed E-state index contributed by atoms with van der Waals surface area (Å²) in [5, 5.41) is 0. The number of hydrogen-bond acceptors (Lipinski definition) is 3. The highest BCUT2D eigenvalue weighted by atomic mass is 19.4. The number of alkyl halides is 3. The first-order valence-electron chi connectivity index (χ1n) is 5.33. The van der Waals surface area contributed by atoms with Crippen LogP contribution in [0.3, 0.4) is 0 Å². The lowest BCUT2D eigenvalue weighted by Crippen LogP contribution is -2.19. The van der Waals surface area contributed by atoms with Gasteiger partial charge in [-0.15, -0.1) is 0 Å². The van der Waals surface area contributed by atoms with E-state index in [1.807, 2.05) is 0 Å². The lowest BCUT2D eigenvalue weighted by Gasteiger charge is -2.14. The largest absolute Gasteiger partial charge is 0.449 e. The summed E-state index contributed by atoms with van der Waals surface area (Å²) in [6.45, 7) is 1.87. The molecule has 0 spiro atoms. The van der Waals surface area contributed by atoms with E-state index in [9.17, 15) is 18.0 Å². The van der Waals surface area contributed by atoms with Crippen LogP contribution >= 0.6 is 0 Å². The van der Waals surface area contributed by atoms with Gasteiger partial charge < -0.3 is 9.47 Å². The maximum absolute atomic E-state index is 12.7. The Morgan fingerprint density at radius 3 is 2.50 bits per heavy atom. The minimum Gasteiger partial charge on any atom is -0.320 e. The van der Waals surface area contributed by atoms with Crippen molar-refractivity contribution >= 4 is 11.5 Å². The van der Waals surface area contributed by atoms with Crippen LogP contribution in [0.4, 0.5) is 13.2 Å². The quantitative estimate of drug-likeness (QED) is 0.774. The molecule has 18 heavy (non-hydrogen) atoms. The van der Waals surface area contributed by atoms with Crippen molar-refractivity contribution in [3.8, 4) is 0 Å². The second kappa shape index (κ2) is 5.37. The van der Waals surface area contributed by atoms with E-state index in [1.54, 1.807) is 31.9 Å². The van der Waals surface area contributed by atoms with Gasteiger partial charge in [-0.05, 0) is 21.0 Å². The third-order valence-electron chi connectivity index (χ3n) is 2.33. The summed E-state index contributed by atoms with van der Waals surface area (Å²) in [4.78, 5) is 15.9. The lowest BCUT2D eigenvalue weighted by molar-refractivity contribution is -0.147. The zero-order valence-electron chi connectivity index (χ0n) is 10.4. The summed E-state index contributed by atoms with van der Waals surface area (Å²) in [6.07, 6.45) is -3.46. The van der Waals surface area contributed by atoms with Crippen molar-refractivity contribution in [3.05, 3.63) is 17.7 Å². The van der Waals surface area contributed by atoms with E-state index in [0.717, 1.165) is 10.8 Å². The highest BCUT2D eigenvalue weighted by molar-refractivity contribution is 5.87. The van der Waals surface area contributed by atoms with Crippen molar-refractivity contribution in [1.29, 1.82) is 0 Å². The average Bonchev–Trinajstić information content (AvgIpc) is 2.68. The number of imidazole rings is 1. The molecule has 1 heterocycles. The number of carbonyl (C=O) groups excluding carboxylic acids is 1. The maximum Gasteiger partial charge on any atom is 0.449 e. The van der Waals surface area contributed by atoms with Gasteiger partial charge in [0, 0.05) is 13.1 Å². The molecule has 100 valence electrons. The average molecular weight is 261 g/mol. The molecule has 0 bridgehead atoms. The lowest BCUT2D eigenvalue weighted by atomic mass is 10.2. The fourth-order valence-corrected chi connectivity index (χ4v) is 1.64. The van der Waals surface area contributed by atoms with Crippen LogP contribution in [-0.2, 0) is 17.5 Å². The van der Waals surface area contributed by atoms with Crippen LogP contribution in [0.1, 0.15) is 18.4 Å². The monoisotopic (exact) mass is 261 g/mol. The Hall–Kier alpha value is -1.59. The summed E-state index contributed by atoms with van der Waals surface area (Å²) < 4.78 is 39.0. The third-order valence-corrected chi connectivity index (χ3v) is 2.33. The molecule has 0 saturated carbocycles. The highest BCUT2D eigenvalue weighted by Gasteiger charge is 2.37. The normalized spacial score (nSPS) is 11.7. The Balaban J connectivity index is 3.26. The van der Waals surface area contributed by atoms with Crippen LogP contribution < -0.4 is 0 Å². The molecular weight excluding hydrogens is 247 g/mol. The van der Waals surface area contributed by atoms with Gasteiger partial charge >= 0.3 is 6.18 Å². The van der Waals surface area contributed by atoms with Gasteiger partial charge in [-0.25, -0.2) is 9.78 Å². The van der Waals surface area contributed by atoms with Crippen molar-refractivity contribution in [2.45, 2.75) is 19.6 Å². The second-order valence-electron chi connectivity index (χ2n) is 4.03. The molecule has 0 amide bonds. The van der Waals surface area contributed by atoms with Crippen LogP contribution in [0.15, 0.2) is 6.20 Å². The smallest absolute Gasteiger partial charge is 0.320 e. The molecule has 1 aromatic heterocycles. The van der Waals surface area contributed by atoms with Crippen LogP contribution in [0, 0.1) is 0 Å². The molecule has 0 unspecified atom stereocenters. The first-order chi connectivity index (χ1) is 8.31. The predicted molar refractivity (Wildman–Crippen MR) is 60.6 cm³/mol. The molecule has 0 aliphatic carbocycles. The molecule has 0 atom stereocenters. The van der Waals surface area contributed by atoms with Gasteiger partial charge in [-0.3, -0.25) is 0 Å². The standard InChI is InChI=1S/C11H14F3N3O/c1-4-17-9(8(7-18)6-16(2)3)5-15-10(17)11(12,13)14/h5H,4,6H2,1-3H3. The Morgan fingerprint density at radius 1 is 1.50 bits per heavy atom. The highest BCUT2D eigenvalue weighted by Crippen LogP contribution is 2.30. The topological polar surface area (TPSA) is 38.1 Å². The van der Waals surface area contributed by atoms with Gasteiger partial charge in [0.05, 0.1) is 17.5 Å². The van der Waals surface area contributed by atoms with Crippen LogP contribution in [0.25, 0.3) is 5.57 Å². The number of aromatic nitrogens is 2. The summed E-state index contributed by atoms with van der Waals surface area (Å²) in [5.74, 6) is 0.692. The molecule has 4 nitrogen and oxygen atoms in total. The number of hydrogen-bond donors (Lipinski definition) is 0. The summed E-state index contributed by atoms with van der Waals surface area (Å²) in [5.41, 5.74) is 0.318. The molecule has 0 N–H and O–H groups in total. The maximum atomic E-state index is 12.7. The predicted octanol–water partition coefficient (Wildman–Crippen LogP) is 1.70. The zero-order chi connectivity index (χ0) is 13.9. The minimum absolute atomic E-state index is 0.0861.